The van der Waals surface area contributed by atoms with Crippen LogP contribution in [0.4, 0.5) is 0 Å². The van der Waals surface area contributed by atoms with Crippen LogP contribution in [0.5, 0.6) is 0 Å². The van der Waals surface area contributed by atoms with Gasteiger partial charge in [-0.25, -0.2) is 4.57 Å². The molecule has 10 heteroatoms. The van der Waals surface area contributed by atoms with Gasteiger partial charge in [-0.2, -0.15) is 0 Å². The fourth-order valence-electron chi connectivity index (χ4n) is 5.84. The number of allylic oxidation sites excluding steroid dienone is 3. The first-order valence-corrected chi connectivity index (χ1v) is 22.3. The monoisotopic (exact) mass is 744 g/mol. The zero-order valence-corrected chi connectivity index (χ0v) is 33.6. The average molecular weight is 744 g/mol. The average Bonchev–Trinajstić information content (AvgIpc) is 3.11. The molecule has 0 fully saturated rings. The third kappa shape index (κ3) is 38.0. The molecule has 2 atom stereocenters. The molecule has 0 bridgehead atoms. The number of unbranched alkanes of at least 4 members (excludes halogenated alkanes) is 24. The Labute approximate surface area is 312 Å². The van der Waals surface area contributed by atoms with E-state index in [1.807, 2.05) is 6.08 Å². The van der Waals surface area contributed by atoms with Gasteiger partial charge in [0.1, 0.15) is 6.61 Å². The number of hydrogen-bond donors (Lipinski definition) is 2. The summed E-state index contributed by atoms with van der Waals surface area (Å²) in [6, 6.07) is 0. The molecule has 0 aliphatic carbocycles. The van der Waals surface area contributed by atoms with E-state index >= 15 is 0 Å². The Bertz CT molecular complexity index is 884. The van der Waals surface area contributed by atoms with Gasteiger partial charge in [0, 0.05) is 19.4 Å². The number of nitrogens with two attached hydrogens (primary N) is 1. The number of hydrogen-bond acceptors (Lipinski definition) is 8. The smallest absolute Gasteiger partial charge is 0.462 e. The van der Waals surface area contributed by atoms with Crippen LogP contribution in [0.25, 0.3) is 0 Å². The molecular weight excluding hydrogens is 665 g/mol. The van der Waals surface area contributed by atoms with Gasteiger partial charge in [0.15, 0.2) is 6.10 Å². The van der Waals surface area contributed by atoms with Crippen molar-refractivity contribution in [3.05, 3.63) is 24.8 Å². The van der Waals surface area contributed by atoms with Crippen LogP contribution in [0, 0.1) is 0 Å². The number of ether oxygens (including phenoxy) is 2. The molecule has 0 amide bonds. The van der Waals surface area contributed by atoms with Gasteiger partial charge in [-0.15, -0.1) is 6.58 Å². The Morgan fingerprint density at radius 3 is 1.57 bits per heavy atom. The molecule has 0 aromatic rings. The topological polar surface area (TPSA) is 134 Å². The second-order valence-electron chi connectivity index (χ2n) is 13.9. The van der Waals surface area contributed by atoms with Crippen LogP contribution in [0.15, 0.2) is 24.8 Å². The maximum Gasteiger partial charge on any atom is 0.472 e. The predicted molar refractivity (Wildman–Crippen MR) is 211 cm³/mol. The zero-order valence-electron chi connectivity index (χ0n) is 32.7. The van der Waals surface area contributed by atoms with Crippen molar-refractivity contribution in [3.63, 3.8) is 0 Å². The van der Waals surface area contributed by atoms with Crippen molar-refractivity contribution >= 4 is 19.8 Å². The van der Waals surface area contributed by atoms with E-state index in [9.17, 15) is 19.0 Å². The van der Waals surface area contributed by atoms with Crippen molar-refractivity contribution in [2.24, 2.45) is 5.73 Å². The molecule has 0 spiro atoms. The molecule has 0 aromatic heterocycles. The van der Waals surface area contributed by atoms with Gasteiger partial charge < -0.3 is 20.1 Å². The molecule has 0 aliphatic heterocycles. The highest BCUT2D eigenvalue weighted by molar-refractivity contribution is 7.47. The van der Waals surface area contributed by atoms with Crippen LogP contribution < -0.4 is 5.73 Å². The van der Waals surface area contributed by atoms with Crippen molar-refractivity contribution < 1.29 is 37.6 Å². The second kappa shape index (κ2) is 38.2. The Kier molecular flexibility index (Phi) is 37.1. The molecule has 300 valence electrons. The Morgan fingerprint density at radius 2 is 1.06 bits per heavy atom. The highest BCUT2D eigenvalue weighted by Crippen LogP contribution is 2.43. The minimum atomic E-state index is -4.37. The van der Waals surface area contributed by atoms with Crippen molar-refractivity contribution in [3.8, 4) is 0 Å². The van der Waals surface area contributed by atoms with Crippen molar-refractivity contribution in [2.45, 2.75) is 199 Å². The number of carbonyl (C=O) groups excluding carboxylic acids is 2. The van der Waals surface area contributed by atoms with Crippen LogP contribution in [-0.2, 0) is 32.7 Å². The fourth-order valence-corrected chi connectivity index (χ4v) is 6.61. The molecule has 51 heavy (non-hydrogen) atoms. The number of carbonyl (C=O) groups is 2. The van der Waals surface area contributed by atoms with Crippen LogP contribution in [-0.4, -0.2) is 49.3 Å². The summed E-state index contributed by atoms with van der Waals surface area (Å²) < 4.78 is 32.7. The summed E-state index contributed by atoms with van der Waals surface area (Å²) in [5.74, 6) is -0.852. The third-order valence-corrected chi connectivity index (χ3v) is 9.94. The summed E-state index contributed by atoms with van der Waals surface area (Å²) in [4.78, 5) is 34.8. The van der Waals surface area contributed by atoms with E-state index in [1.165, 1.54) is 116 Å². The SMILES string of the molecule is C=CCCCCCCCCCCCCCCCC(=O)O[C@H](COC(=O)CCCC/C=C/CCCCCCCCCCC)COP(=O)(O)OCCN. The Hall–Kier alpha value is -1.51. The molecule has 3 N–H and O–H groups in total. The molecule has 0 aromatic carbocycles. The lowest BCUT2D eigenvalue weighted by atomic mass is 10.0. The summed E-state index contributed by atoms with van der Waals surface area (Å²) in [5, 5.41) is 0. The van der Waals surface area contributed by atoms with Gasteiger partial charge in [0.05, 0.1) is 13.2 Å². The van der Waals surface area contributed by atoms with Gasteiger partial charge in [0.25, 0.3) is 0 Å². The predicted octanol–water partition coefficient (Wildman–Crippen LogP) is 11.6. The summed E-state index contributed by atoms with van der Waals surface area (Å²) in [7, 11) is -4.37. The first-order chi connectivity index (χ1) is 24.8. The maximum absolute atomic E-state index is 12.5. The zero-order chi connectivity index (χ0) is 37.5. The number of phosphoric ester groups is 1. The first kappa shape index (κ1) is 49.5. The standard InChI is InChI=1S/C41H78NO8P/c1-3-5-7-9-11-13-15-17-19-21-23-25-27-29-31-33-40(43)47-37-39(38-49-51(45,46)48-36-35-42)50-41(44)34-32-30-28-26-24-22-20-18-16-14-12-10-8-6-4-2/h4,23,25,39H,2-3,5-22,24,26-38,42H2,1H3,(H,45,46)/b25-23+/t39-/m1/s1. The van der Waals surface area contributed by atoms with E-state index in [2.05, 4.69) is 25.7 Å². The van der Waals surface area contributed by atoms with Crippen LogP contribution >= 0.6 is 7.82 Å². The molecule has 0 saturated heterocycles. The molecule has 1 unspecified atom stereocenters. The summed E-state index contributed by atoms with van der Waals surface area (Å²) in [5.41, 5.74) is 5.34. The van der Waals surface area contributed by atoms with Gasteiger partial charge in [-0.1, -0.05) is 147 Å². The molecular formula is C41H78NO8P. The minimum absolute atomic E-state index is 0.0516. The van der Waals surface area contributed by atoms with Gasteiger partial charge in [0.2, 0.25) is 0 Å². The number of esters is 2. The van der Waals surface area contributed by atoms with Crippen LogP contribution in [0.1, 0.15) is 193 Å². The molecule has 0 radical (unpaired) electrons. The molecule has 0 aliphatic rings. The Morgan fingerprint density at radius 1 is 0.627 bits per heavy atom. The number of phosphoric acid groups is 1. The van der Waals surface area contributed by atoms with Crippen molar-refractivity contribution in [2.75, 3.05) is 26.4 Å². The van der Waals surface area contributed by atoms with Crippen LogP contribution in [0.3, 0.4) is 0 Å². The molecule has 0 saturated carbocycles. The highest BCUT2D eigenvalue weighted by Gasteiger charge is 2.26. The van der Waals surface area contributed by atoms with E-state index < -0.39 is 32.5 Å². The van der Waals surface area contributed by atoms with Gasteiger partial charge in [-0.3, -0.25) is 18.6 Å². The summed E-state index contributed by atoms with van der Waals surface area (Å²) >= 11 is 0. The minimum Gasteiger partial charge on any atom is -0.462 e. The quantitative estimate of drug-likeness (QED) is 0.0272. The van der Waals surface area contributed by atoms with Gasteiger partial charge in [-0.05, 0) is 51.4 Å². The van der Waals surface area contributed by atoms with Crippen molar-refractivity contribution in [1.82, 2.24) is 0 Å². The number of rotatable bonds is 40. The maximum atomic E-state index is 12.5. The summed E-state index contributed by atoms with van der Waals surface area (Å²) in [6.45, 7) is 5.23. The fraction of sp³-hybridized carbons (Fsp3) is 0.854. The lowest BCUT2D eigenvalue weighted by Gasteiger charge is -2.19. The van der Waals surface area contributed by atoms with Gasteiger partial charge >= 0.3 is 19.8 Å². The van der Waals surface area contributed by atoms with E-state index in [0.29, 0.717) is 12.8 Å². The van der Waals surface area contributed by atoms with E-state index in [1.54, 1.807) is 0 Å². The Balaban J connectivity index is 4.17. The lowest BCUT2D eigenvalue weighted by molar-refractivity contribution is -0.161. The largest absolute Gasteiger partial charge is 0.472 e. The van der Waals surface area contributed by atoms with Crippen molar-refractivity contribution in [1.29, 1.82) is 0 Å². The normalized spacial score (nSPS) is 13.3. The highest BCUT2D eigenvalue weighted by atomic mass is 31.2. The molecule has 9 nitrogen and oxygen atoms in total. The second-order valence-corrected chi connectivity index (χ2v) is 15.4. The third-order valence-electron chi connectivity index (χ3n) is 8.96. The first-order valence-electron chi connectivity index (χ1n) is 20.8. The lowest BCUT2D eigenvalue weighted by Crippen LogP contribution is -2.29. The molecule has 0 rings (SSSR count). The van der Waals surface area contributed by atoms with Crippen LogP contribution in [0.2, 0.25) is 0 Å². The summed E-state index contributed by atoms with van der Waals surface area (Å²) in [6.07, 6.45) is 38.1. The van der Waals surface area contributed by atoms with E-state index in [-0.39, 0.29) is 32.6 Å². The van der Waals surface area contributed by atoms with E-state index in [0.717, 1.165) is 44.9 Å². The molecule has 0 heterocycles. The van der Waals surface area contributed by atoms with E-state index in [4.69, 9.17) is 24.3 Å².